The second kappa shape index (κ2) is 5.89. The Balaban J connectivity index is 3.00. The van der Waals surface area contributed by atoms with E-state index in [-0.39, 0.29) is 5.78 Å². The van der Waals surface area contributed by atoms with Gasteiger partial charge in [-0.2, -0.15) is 5.26 Å². The maximum Gasteiger partial charge on any atom is 0.180 e. The molecule has 0 radical (unpaired) electrons. The molecule has 4 heteroatoms. The Hall–Kier alpha value is -1.04. The highest BCUT2D eigenvalue weighted by Crippen LogP contribution is 2.22. The molecule has 16 heavy (non-hydrogen) atoms. The normalized spacial score (nSPS) is 11.9. The van der Waals surface area contributed by atoms with Crippen molar-refractivity contribution in [2.75, 3.05) is 0 Å². The lowest BCUT2D eigenvalue weighted by molar-refractivity contribution is 0.0943. The summed E-state index contributed by atoms with van der Waals surface area (Å²) in [6.45, 7) is 1.93. The number of ketones is 1. The Kier molecular flexibility index (Phi) is 4.79. The van der Waals surface area contributed by atoms with E-state index in [0.717, 1.165) is 6.42 Å². The van der Waals surface area contributed by atoms with Crippen molar-refractivity contribution in [1.29, 1.82) is 5.26 Å². The third-order valence-corrected chi connectivity index (χ3v) is 2.63. The van der Waals surface area contributed by atoms with Crippen molar-refractivity contribution in [1.82, 2.24) is 0 Å². The van der Waals surface area contributed by atoms with E-state index in [1.54, 1.807) is 6.07 Å². The number of hydrogen-bond acceptors (Lipinski definition) is 2. The SMILES string of the molecule is CCCC(C#N)C(=O)c1cc(Cl)cc(Cl)c1. The van der Waals surface area contributed by atoms with Crippen LogP contribution in [0, 0.1) is 17.2 Å². The van der Waals surface area contributed by atoms with Gasteiger partial charge in [-0.3, -0.25) is 4.79 Å². The monoisotopic (exact) mass is 255 g/mol. The van der Waals surface area contributed by atoms with Crippen LogP contribution in [0.4, 0.5) is 0 Å². The summed E-state index contributed by atoms with van der Waals surface area (Å²) < 4.78 is 0. The highest BCUT2D eigenvalue weighted by atomic mass is 35.5. The van der Waals surface area contributed by atoms with Crippen LogP contribution in [-0.4, -0.2) is 5.78 Å². The van der Waals surface area contributed by atoms with Gasteiger partial charge in [0.25, 0.3) is 0 Å². The molecule has 1 rings (SSSR count). The molecule has 0 fully saturated rings. The zero-order valence-corrected chi connectivity index (χ0v) is 10.3. The smallest absolute Gasteiger partial charge is 0.180 e. The molecule has 0 bridgehead atoms. The molecule has 1 atom stereocenters. The van der Waals surface area contributed by atoms with Crippen molar-refractivity contribution < 1.29 is 4.79 Å². The molecule has 0 aliphatic carbocycles. The lowest BCUT2D eigenvalue weighted by atomic mass is 9.95. The Bertz CT molecular complexity index is 417. The first-order chi connectivity index (χ1) is 7.58. The maximum atomic E-state index is 11.9. The lowest BCUT2D eigenvalue weighted by Gasteiger charge is -2.07. The summed E-state index contributed by atoms with van der Waals surface area (Å²) in [4.78, 5) is 11.9. The van der Waals surface area contributed by atoms with Gasteiger partial charge in [0.05, 0.1) is 6.07 Å². The molecule has 2 nitrogen and oxygen atoms in total. The molecular weight excluding hydrogens is 245 g/mol. The van der Waals surface area contributed by atoms with Crippen molar-refractivity contribution in [2.45, 2.75) is 19.8 Å². The van der Waals surface area contributed by atoms with Gasteiger partial charge < -0.3 is 0 Å². The summed E-state index contributed by atoms with van der Waals surface area (Å²) in [5.41, 5.74) is 0.400. The Morgan fingerprint density at radius 3 is 2.38 bits per heavy atom. The fourth-order valence-electron chi connectivity index (χ4n) is 1.44. The molecule has 0 aromatic heterocycles. The van der Waals surface area contributed by atoms with Crippen molar-refractivity contribution >= 4 is 29.0 Å². The molecule has 0 aliphatic rings. The van der Waals surface area contributed by atoms with Gasteiger partial charge >= 0.3 is 0 Å². The van der Waals surface area contributed by atoms with E-state index >= 15 is 0 Å². The third-order valence-electron chi connectivity index (χ3n) is 2.20. The predicted octanol–water partition coefficient (Wildman–Crippen LogP) is 4.12. The number of carbonyl (C=O) groups is 1. The highest BCUT2D eigenvalue weighted by Gasteiger charge is 2.19. The van der Waals surface area contributed by atoms with Crippen molar-refractivity contribution in [3.05, 3.63) is 33.8 Å². The average molecular weight is 256 g/mol. The Morgan fingerprint density at radius 1 is 1.38 bits per heavy atom. The molecule has 1 unspecified atom stereocenters. The molecule has 0 spiro atoms. The van der Waals surface area contributed by atoms with Crippen molar-refractivity contribution in [2.24, 2.45) is 5.92 Å². The van der Waals surface area contributed by atoms with Crippen LogP contribution in [0.5, 0.6) is 0 Å². The van der Waals surface area contributed by atoms with Crippen LogP contribution >= 0.6 is 23.2 Å². The summed E-state index contributed by atoms with van der Waals surface area (Å²) in [5.74, 6) is -0.826. The number of carbonyl (C=O) groups excluding carboxylic acids is 1. The highest BCUT2D eigenvalue weighted by molar-refractivity contribution is 6.35. The minimum absolute atomic E-state index is 0.214. The molecular formula is C12H11Cl2NO. The van der Waals surface area contributed by atoms with E-state index in [9.17, 15) is 4.79 Å². The van der Waals surface area contributed by atoms with Gasteiger partial charge in [0.2, 0.25) is 0 Å². The van der Waals surface area contributed by atoms with Gasteiger partial charge in [-0.05, 0) is 24.6 Å². The first-order valence-corrected chi connectivity index (χ1v) is 5.74. The fraction of sp³-hybridized carbons (Fsp3) is 0.333. The molecule has 0 aliphatic heterocycles. The number of rotatable bonds is 4. The summed E-state index contributed by atoms with van der Waals surface area (Å²) >= 11 is 11.6. The summed E-state index contributed by atoms with van der Waals surface area (Å²) in [7, 11) is 0. The second-order valence-electron chi connectivity index (χ2n) is 3.49. The Morgan fingerprint density at radius 2 is 1.94 bits per heavy atom. The number of halogens is 2. The van der Waals surface area contributed by atoms with Gasteiger partial charge in [0.1, 0.15) is 5.92 Å². The van der Waals surface area contributed by atoms with E-state index in [1.807, 2.05) is 13.0 Å². The molecule has 1 aromatic rings. The van der Waals surface area contributed by atoms with Crippen LogP contribution < -0.4 is 0 Å². The van der Waals surface area contributed by atoms with Crippen LogP contribution in [0.2, 0.25) is 10.0 Å². The second-order valence-corrected chi connectivity index (χ2v) is 4.37. The quantitative estimate of drug-likeness (QED) is 0.760. The van der Waals surface area contributed by atoms with E-state index in [4.69, 9.17) is 28.5 Å². The number of nitrogens with zero attached hydrogens (tertiary/aromatic N) is 1. The van der Waals surface area contributed by atoms with Gasteiger partial charge in [0, 0.05) is 15.6 Å². The summed E-state index contributed by atoms with van der Waals surface area (Å²) in [5, 5.41) is 9.70. The third kappa shape index (κ3) is 3.23. The molecule has 1 aromatic carbocycles. The van der Waals surface area contributed by atoms with Crippen LogP contribution in [-0.2, 0) is 0 Å². The number of nitriles is 1. The number of hydrogen-bond donors (Lipinski definition) is 0. The van der Waals surface area contributed by atoms with E-state index < -0.39 is 5.92 Å². The topological polar surface area (TPSA) is 40.9 Å². The minimum atomic E-state index is -0.612. The van der Waals surface area contributed by atoms with Gasteiger partial charge in [-0.25, -0.2) is 0 Å². The number of benzene rings is 1. The van der Waals surface area contributed by atoms with Crippen LogP contribution in [0.3, 0.4) is 0 Å². The minimum Gasteiger partial charge on any atom is -0.293 e. The largest absolute Gasteiger partial charge is 0.293 e. The molecule has 0 amide bonds. The summed E-state index contributed by atoms with van der Waals surface area (Å²) in [6, 6.07) is 6.64. The predicted molar refractivity (Wildman–Crippen MR) is 64.8 cm³/mol. The van der Waals surface area contributed by atoms with Crippen molar-refractivity contribution in [3.63, 3.8) is 0 Å². The van der Waals surface area contributed by atoms with Gasteiger partial charge in [0.15, 0.2) is 5.78 Å². The summed E-state index contributed by atoms with van der Waals surface area (Å²) in [6.07, 6.45) is 1.34. The van der Waals surface area contributed by atoms with E-state index in [0.29, 0.717) is 22.0 Å². The average Bonchev–Trinajstić information content (AvgIpc) is 2.23. The Labute approximate surface area is 105 Å². The van der Waals surface area contributed by atoms with Crippen molar-refractivity contribution in [3.8, 4) is 6.07 Å². The van der Waals surface area contributed by atoms with Crippen LogP contribution in [0.25, 0.3) is 0 Å². The zero-order chi connectivity index (χ0) is 12.1. The van der Waals surface area contributed by atoms with E-state index in [2.05, 4.69) is 0 Å². The zero-order valence-electron chi connectivity index (χ0n) is 8.84. The van der Waals surface area contributed by atoms with Crippen LogP contribution in [0.15, 0.2) is 18.2 Å². The van der Waals surface area contributed by atoms with E-state index in [1.165, 1.54) is 12.1 Å². The molecule has 0 N–H and O–H groups in total. The molecule has 0 heterocycles. The number of Topliss-reactive ketones (excluding diaryl/α,β-unsaturated/α-hetero) is 1. The molecule has 0 saturated heterocycles. The first-order valence-electron chi connectivity index (χ1n) is 4.98. The molecule has 0 saturated carbocycles. The molecule has 84 valence electrons. The van der Waals surface area contributed by atoms with Gasteiger partial charge in [-0.1, -0.05) is 36.5 Å². The maximum absolute atomic E-state index is 11.9. The van der Waals surface area contributed by atoms with Crippen LogP contribution in [0.1, 0.15) is 30.1 Å². The first kappa shape index (κ1) is 13.0. The lowest BCUT2D eigenvalue weighted by Crippen LogP contribution is -2.12. The fourth-order valence-corrected chi connectivity index (χ4v) is 1.97. The van der Waals surface area contributed by atoms with Gasteiger partial charge in [-0.15, -0.1) is 0 Å². The standard InChI is InChI=1S/C12H11Cl2NO/c1-2-3-8(7-15)12(16)9-4-10(13)6-11(14)5-9/h4-6,8H,2-3H2,1H3.